The van der Waals surface area contributed by atoms with E-state index in [0.717, 1.165) is 13.0 Å². The summed E-state index contributed by atoms with van der Waals surface area (Å²) in [5.41, 5.74) is 6.51. The highest BCUT2D eigenvalue weighted by Crippen LogP contribution is 2.27. The average molecular weight is 264 g/mol. The fourth-order valence-electron chi connectivity index (χ4n) is 2.98. The summed E-state index contributed by atoms with van der Waals surface area (Å²) in [5, 5.41) is 1.34. The van der Waals surface area contributed by atoms with Crippen LogP contribution in [0.4, 0.5) is 0 Å². The van der Waals surface area contributed by atoms with Crippen molar-refractivity contribution >= 4 is 10.9 Å². The maximum absolute atomic E-state index is 4.64. The number of fused-ring (bicyclic) bond motifs is 1. The maximum Gasteiger partial charge on any atom is 0.0707 e. The van der Waals surface area contributed by atoms with Crippen LogP contribution < -0.4 is 0 Å². The Labute approximate surface area is 120 Å². The van der Waals surface area contributed by atoms with Crippen molar-refractivity contribution in [2.24, 2.45) is 0 Å². The summed E-state index contributed by atoms with van der Waals surface area (Å²) in [4.78, 5) is 4.64. The van der Waals surface area contributed by atoms with Gasteiger partial charge in [0.15, 0.2) is 0 Å². The van der Waals surface area contributed by atoms with Crippen LogP contribution in [0.3, 0.4) is 0 Å². The second kappa shape index (κ2) is 5.12. The number of hydrogen-bond acceptors (Lipinski definition) is 1. The topological polar surface area (TPSA) is 17.8 Å². The lowest BCUT2D eigenvalue weighted by Crippen LogP contribution is -2.01. The van der Waals surface area contributed by atoms with Gasteiger partial charge in [-0.2, -0.15) is 0 Å². The third kappa shape index (κ3) is 2.01. The molecule has 2 aromatic heterocycles. The molecule has 0 N–H and O–H groups in total. The quantitative estimate of drug-likeness (QED) is 0.691. The van der Waals surface area contributed by atoms with Crippen molar-refractivity contribution in [3.8, 4) is 0 Å². The van der Waals surface area contributed by atoms with Gasteiger partial charge in [0.2, 0.25) is 0 Å². The van der Waals surface area contributed by atoms with Gasteiger partial charge in [-0.15, -0.1) is 0 Å². The van der Waals surface area contributed by atoms with Gasteiger partial charge in [0, 0.05) is 30.2 Å². The first-order chi connectivity index (χ1) is 9.72. The summed E-state index contributed by atoms with van der Waals surface area (Å²) in [5.74, 6) is 0. The van der Waals surface area contributed by atoms with Gasteiger partial charge < -0.3 is 4.57 Å². The smallest absolute Gasteiger partial charge is 0.0707 e. The Morgan fingerprint density at radius 1 is 1.05 bits per heavy atom. The maximum atomic E-state index is 4.64. The summed E-state index contributed by atoms with van der Waals surface area (Å²) in [7, 11) is 0. The van der Waals surface area contributed by atoms with Gasteiger partial charge in [-0.25, -0.2) is 0 Å². The van der Waals surface area contributed by atoms with Crippen molar-refractivity contribution < 1.29 is 0 Å². The molecular formula is C18H20N2. The third-order valence-electron chi connectivity index (χ3n) is 4.15. The second-order valence-electron chi connectivity index (χ2n) is 5.27. The summed E-state index contributed by atoms with van der Waals surface area (Å²) in [6.45, 7) is 7.59. The fraction of sp³-hybridized carbons (Fsp3) is 0.278. The van der Waals surface area contributed by atoms with Crippen molar-refractivity contribution in [2.45, 2.75) is 33.7 Å². The summed E-state index contributed by atoms with van der Waals surface area (Å²) in [6, 6.07) is 12.7. The average Bonchev–Trinajstić information content (AvgIpc) is 2.73. The molecule has 0 aliphatic heterocycles. The van der Waals surface area contributed by atoms with Gasteiger partial charge in [-0.05, 0) is 38.0 Å². The largest absolute Gasteiger partial charge is 0.343 e. The number of aryl methyl sites for hydroxylation is 2. The van der Waals surface area contributed by atoms with E-state index in [1.54, 1.807) is 0 Å². The molecule has 2 heterocycles. The van der Waals surface area contributed by atoms with Gasteiger partial charge in [0.05, 0.1) is 11.2 Å². The third-order valence-corrected chi connectivity index (χ3v) is 4.15. The van der Waals surface area contributed by atoms with Crippen molar-refractivity contribution in [3.63, 3.8) is 0 Å². The number of hydrogen-bond donors (Lipinski definition) is 0. The van der Waals surface area contributed by atoms with Crippen LogP contribution >= 0.6 is 0 Å². The number of pyridine rings is 1. The minimum atomic E-state index is 0.890. The molecule has 2 heteroatoms. The van der Waals surface area contributed by atoms with Gasteiger partial charge >= 0.3 is 0 Å². The number of benzene rings is 1. The first kappa shape index (κ1) is 12.9. The lowest BCUT2D eigenvalue weighted by Gasteiger charge is -2.08. The summed E-state index contributed by atoms with van der Waals surface area (Å²) < 4.78 is 2.38. The molecule has 2 nitrogen and oxygen atoms in total. The van der Waals surface area contributed by atoms with Crippen LogP contribution in [0.2, 0.25) is 0 Å². The second-order valence-corrected chi connectivity index (χ2v) is 5.27. The van der Waals surface area contributed by atoms with E-state index in [1.165, 1.54) is 33.4 Å². The first-order valence-electron chi connectivity index (χ1n) is 7.19. The lowest BCUT2D eigenvalue weighted by molar-refractivity contribution is 0.760. The molecule has 0 aliphatic carbocycles. The van der Waals surface area contributed by atoms with Crippen LogP contribution in [0.15, 0.2) is 42.6 Å². The molecule has 0 amide bonds. The Balaban J connectivity index is 2.19. The molecule has 20 heavy (non-hydrogen) atoms. The highest BCUT2D eigenvalue weighted by molar-refractivity contribution is 5.87. The standard InChI is InChI=1S/C18H20N2/c1-4-20-14(3)13(2)16-10-11-19-17(18(16)20)12-15-8-6-5-7-9-15/h5-11H,4,12H2,1-3H3. The summed E-state index contributed by atoms with van der Waals surface area (Å²) >= 11 is 0. The van der Waals surface area contributed by atoms with E-state index in [-0.39, 0.29) is 0 Å². The van der Waals surface area contributed by atoms with Crippen LogP contribution in [0.5, 0.6) is 0 Å². The van der Waals surface area contributed by atoms with Gasteiger partial charge in [-0.3, -0.25) is 4.98 Å². The van der Waals surface area contributed by atoms with Crippen LogP contribution in [-0.2, 0) is 13.0 Å². The Morgan fingerprint density at radius 2 is 1.80 bits per heavy atom. The zero-order chi connectivity index (χ0) is 14.1. The molecule has 0 spiro atoms. The van der Waals surface area contributed by atoms with Crippen molar-refractivity contribution in [1.29, 1.82) is 0 Å². The molecular weight excluding hydrogens is 244 g/mol. The predicted octanol–water partition coefficient (Wildman–Crippen LogP) is 4.26. The van der Waals surface area contributed by atoms with Crippen molar-refractivity contribution in [2.75, 3.05) is 0 Å². The van der Waals surface area contributed by atoms with Crippen molar-refractivity contribution in [1.82, 2.24) is 9.55 Å². The Bertz CT molecular complexity index is 739. The molecule has 0 atom stereocenters. The molecule has 0 unspecified atom stereocenters. The zero-order valence-electron chi connectivity index (χ0n) is 12.4. The highest BCUT2D eigenvalue weighted by Gasteiger charge is 2.14. The van der Waals surface area contributed by atoms with E-state index in [4.69, 9.17) is 0 Å². The van der Waals surface area contributed by atoms with E-state index >= 15 is 0 Å². The number of rotatable bonds is 3. The normalized spacial score (nSPS) is 11.2. The summed E-state index contributed by atoms with van der Waals surface area (Å²) in [6.07, 6.45) is 2.83. The molecule has 0 fully saturated rings. The Hall–Kier alpha value is -2.09. The SMILES string of the molecule is CCn1c(C)c(C)c2ccnc(Cc3ccccc3)c21. The van der Waals surface area contributed by atoms with Gasteiger partial charge in [0.1, 0.15) is 0 Å². The minimum Gasteiger partial charge on any atom is -0.343 e. The molecule has 0 bridgehead atoms. The molecule has 3 aromatic rings. The first-order valence-corrected chi connectivity index (χ1v) is 7.19. The van der Waals surface area contributed by atoms with E-state index in [2.05, 4.69) is 66.7 Å². The lowest BCUT2D eigenvalue weighted by atomic mass is 10.1. The van der Waals surface area contributed by atoms with E-state index in [0.29, 0.717) is 0 Å². The molecule has 1 aromatic carbocycles. The van der Waals surface area contributed by atoms with Gasteiger partial charge in [-0.1, -0.05) is 30.3 Å². The van der Waals surface area contributed by atoms with Crippen LogP contribution in [-0.4, -0.2) is 9.55 Å². The zero-order valence-corrected chi connectivity index (χ0v) is 12.4. The van der Waals surface area contributed by atoms with Crippen LogP contribution in [0.25, 0.3) is 10.9 Å². The molecule has 0 aliphatic rings. The number of nitrogens with zero attached hydrogens (tertiary/aromatic N) is 2. The Morgan fingerprint density at radius 3 is 2.50 bits per heavy atom. The molecule has 3 rings (SSSR count). The fourth-order valence-corrected chi connectivity index (χ4v) is 2.98. The van der Waals surface area contributed by atoms with E-state index in [9.17, 15) is 0 Å². The van der Waals surface area contributed by atoms with Crippen LogP contribution in [0, 0.1) is 13.8 Å². The minimum absolute atomic E-state index is 0.890. The molecule has 0 radical (unpaired) electrons. The van der Waals surface area contributed by atoms with Crippen molar-refractivity contribution in [3.05, 3.63) is 65.1 Å². The van der Waals surface area contributed by atoms with E-state index < -0.39 is 0 Å². The van der Waals surface area contributed by atoms with E-state index in [1.807, 2.05) is 6.20 Å². The predicted molar refractivity (Wildman–Crippen MR) is 84.1 cm³/mol. The molecule has 0 saturated carbocycles. The number of aromatic nitrogens is 2. The molecule has 0 saturated heterocycles. The van der Waals surface area contributed by atoms with Crippen LogP contribution in [0.1, 0.15) is 29.4 Å². The monoisotopic (exact) mass is 264 g/mol. The molecule has 102 valence electrons. The highest BCUT2D eigenvalue weighted by atomic mass is 15.0. The Kier molecular flexibility index (Phi) is 3.31. The van der Waals surface area contributed by atoms with Gasteiger partial charge in [0.25, 0.3) is 0 Å².